The number of amides is 1. The quantitative estimate of drug-likeness (QED) is 0.548. The highest BCUT2D eigenvalue weighted by Crippen LogP contribution is 2.17. The van der Waals surface area contributed by atoms with E-state index in [1.807, 2.05) is 42.5 Å². The maximum atomic E-state index is 12.1. The van der Waals surface area contributed by atoms with Crippen LogP contribution in [0.15, 0.2) is 65.9 Å². The number of aromatic nitrogens is 1. The van der Waals surface area contributed by atoms with Gasteiger partial charge in [-0.1, -0.05) is 48.5 Å². The van der Waals surface area contributed by atoms with Crippen molar-refractivity contribution in [2.75, 3.05) is 0 Å². The second-order valence-corrected chi connectivity index (χ2v) is 5.02. The number of hydrogen-bond donors (Lipinski definition) is 2. The van der Waals surface area contributed by atoms with E-state index >= 15 is 0 Å². The summed E-state index contributed by atoms with van der Waals surface area (Å²) < 4.78 is 0. The Morgan fingerprint density at radius 2 is 1.86 bits per heavy atom. The molecule has 0 unspecified atom stereocenters. The summed E-state index contributed by atoms with van der Waals surface area (Å²) in [6.07, 6.45) is 5.14. The number of benzene rings is 2. The number of nitrogens with one attached hydrogen (secondary N) is 2. The minimum atomic E-state index is -0.201. The number of para-hydroxylation sites is 1. The number of fused-ring (bicyclic) bond motifs is 1. The van der Waals surface area contributed by atoms with Crippen LogP contribution in [0.4, 0.5) is 0 Å². The number of hydrazone groups is 1. The van der Waals surface area contributed by atoms with Crippen molar-refractivity contribution in [3.05, 3.63) is 71.9 Å². The van der Waals surface area contributed by atoms with Crippen LogP contribution >= 0.6 is 0 Å². The number of hydrogen-bond acceptors (Lipinski definition) is 2. The van der Waals surface area contributed by atoms with Crippen LogP contribution in [-0.4, -0.2) is 17.1 Å². The number of H-pyrrole nitrogens is 1. The summed E-state index contributed by atoms with van der Waals surface area (Å²) in [6, 6.07) is 17.9. The lowest BCUT2D eigenvalue weighted by atomic mass is 10.1. The third-order valence-corrected chi connectivity index (χ3v) is 3.50. The standard InChI is InChI=1S/C18H17N3O/c22-18(16-13-19-17-11-5-4-10-15(16)17)21-20-12-6-9-14-7-2-1-3-8-14/h1-5,7-8,10-13,19H,6,9H2,(H,21,22)/b20-12-. The zero-order valence-electron chi connectivity index (χ0n) is 12.1. The Labute approximate surface area is 128 Å². The van der Waals surface area contributed by atoms with Crippen LogP contribution in [0.2, 0.25) is 0 Å². The van der Waals surface area contributed by atoms with E-state index in [9.17, 15) is 4.79 Å². The molecule has 0 spiro atoms. The molecular formula is C18H17N3O. The summed E-state index contributed by atoms with van der Waals surface area (Å²) in [5.74, 6) is -0.201. The van der Waals surface area contributed by atoms with Crippen LogP contribution in [0, 0.1) is 0 Å². The average molecular weight is 291 g/mol. The van der Waals surface area contributed by atoms with E-state index in [-0.39, 0.29) is 5.91 Å². The van der Waals surface area contributed by atoms with Crippen molar-refractivity contribution in [3.8, 4) is 0 Å². The summed E-state index contributed by atoms with van der Waals surface area (Å²) in [5.41, 5.74) is 5.39. The topological polar surface area (TPSA) is 57.2 Å². The van der Waals surface area contributed by atoms with Crippen LogP contribution in [0.3, 0.4) is 0 Å². The SMILES string of the molecule is O=C(N/N=C\CCc1ccccc1)c1c[nH]c2ccccc12. The second kappa shape index (κ2) is 6.72. The number of carbonyl (C=O) groups is 1. The number of aromatic amines is 1. The van der Waals surface area contributed by atoms with Gasteiger partial charge in [0.15, 0.2) is 0 Å². The normalized spacial score (nSPS) is 11.1. The molecule has 4 heteroatoms. The highest BCUT2D eigenvalue weighted by molar-refractivity contribution is 6.06. The van der Waals surface area contributed by atoms with Gasteiger partial charge >= 0.3 is 0 Å². The number of carbonyl (C=O) groups excluding carboxylic acids is 1. The molecule has 0 bridgehead atoms. The van der Waals surface area contributed by atoms with Crippen LogP contribution < -0.4 is 5.43 Å². The zero-order chi connectivity index (χ0) is 15.2. The predicted molar refractivity (Wildman–Crippen MR) is 89.0 cm³/mol. The predicted octanol–water partition coefficient (Wildman–Crippen LogP) is 3.52. The molecular weight excluding hydrogens is 274 g/mol. The molecule has 0 radical (unpaired) electrons. The first-order chi connectivity index (χ1) is 10.8. The second-order valence-electron chi connectivity index (χ2n) is 5.02. The molecule has 0 aliphatic heterocycles. The van der Waals surface area contributed by atoms with E-state index < -0.39 is 0 Å². The summed E-state index contributed by atoms with van der Waals surface area (Å²) in [6.45, 7) is 0. The first-order valence-corrected chi connectivity index (χ1v) is 7.26. The lowest BCUT2D eigenvalue weighted by Crippen LogP contribution is -2.17. The van der Waals surface area contributed by atoms with Gasteiger partial charge in [0.2, 0.25) is 0 Å². The first kappa shape index (κ1) is 14.1. The molecule has 2 N–H and O–H groups in total. The Hall–Kier alpha value is -2.88. The zero-order valence-corrected chi connectivity index (χ0v) is 12.1. The molecule has 0 aliphatic rings. The van der Waals surface area contributed by atoms with Gasteiger partial charge in [-0.15, -0.1) is 0 Å². The van der Waals surface area contributed by atoms with Gasteiger partial charge in [-0.25, -0.2) is 5.43 Å². The van der Waals surface area contributed by atoms with Crippen molar-refractivity contribution < 1.29 is 4.79 Å². The average Bonchev–Trinajstić information content (AvgIpc) is 2.99. The number of nitrogens with zero attached hydrogens (tertiary/aromatic N) is 1. The van der Waals surface area contributed by atoms with Gasteiger partial charge in [-0.3, -0.25) is 4.79 Å². The van der Waals surface area contributed by atoms with Crippen LogP contribution in [0.1, 0.15) is 22.3 Å². The molecule has 1 aromatic heterocycles. The third kappa shape index (κ3) is 3.23. The molecule has 0 fully saturated rings. The Kier molecular flexibility index (Phi) is 4.30. The Balaban J connectivity index is 1.55. The molecule has 0 atom stereocenters. The maximum absolute atomic E-state index is 12.1. The monoisotopic (exact) mass is 291 g/mol. The van der Waals surface area contributed by atoms with E-state index in [1.54, 1.807) is 12.4 Å². The lowest BCUT2D eigenvalue weighted by Gasteiger charge is -1.98. The summed E-state index contributed by atoms with van der Waals surface area (Å²) >= 11 is 0. The van der Waals surface area contributed by atoms with Gasteiger partial charge in [-0.2, -0.15) is 5.10 Å². The van der Waals surface area contributed by atoms with Crippen molar-refractivity contribution in [2.45, 2.75) is 12.8 Å². The number of aryl methyl sites for hydroxylation is 1. The van der Waals surface area contributed by atoms with Crippen molar-refractivity contribution in [2.24, 2.45) is 5.10 Å². The largest absolute Gasteiger partial charge is 0.360 e. The minimum absolute atomic E-state index is 0.201. The summed E-state index contributed by atoms with van der Waals surface area (Å²) in [4.78, 5) is 15.2. The molecule has 0 aliphatic carbocycles. The summed E-state index contributed by atoms with van der Waals surface area (Å²) in [7, 11) is 0. The highest BCUT2D eigenvalue weighted by atomic mass is 16.2. The van der Waals surface area contributed by atoms with Gasteiger partial charge in [0, 0.05) is 23.3 Å². The van der Waals surface area contributed by atoms with Crippen molar-refractivity contribution in [1.82, 2.24) is 10.4 Å². The molecule has 3 aromatic rings. The Morgan fingerprint density at radius 1 is 1.09 bits per heavy atom. The molecule has 4 nitrogen and oxygen atoms in total. The van der Waals surface area contributed by atoms with Crippen LogP contribution in [0.5, 0.6) is 0 Å². The van der Waals surface area contributed by atoms with E-state index in [4.69, 9.17) is 0 Å². The molecule has 0 saturated carbocycles. The van der Waals surface area contributed by atoms with Gasteiger partial charge in [-0.05, 0) is 24.5 Å². The molecule has 1 amide bonds. The van der Waals surface area contributed by atoms with E-state index in [1.165, 1.54) is 5.56 Å². The van der Waals surface area contributed by atoms with Crippen LogP contribution in [0.25, 0.3) is 10.9 Å². The smallest absolute Gasteiger partial charge is 0.273 e. The van der Waals surface area contributed by atoms with Crippen molar-refractivity contribution in [3.63, 3.8) is 0 Å². The highest BCUT2D eigenvalue weighted by Gasteiger charge is 2.10. The van der Waals surface area contributed by atoms with E-state index in [2.05, 4.69) is 27.6 Å². The molecule has 22 heavy (non-hydrogen) atoms. The van der Waals surface area contributed by atoms with Gasteiger partial charge in [0.25, 0.3) is 5.91 Å². The fourth-order valence-corrected chi connectivity index (χ4v) is 2.36. The lowest BCUT2D eigenvalue weighted by molar-refractivity contribution is 0.0956. The molecule has 3 rings (SSSR count). The minimum Gasteiger partial charge on any atom is -0.360 e. The summed E-state index contributed by atoms with van der Waals surface area (Å²) in [5, 5.41) is 4.91. The molecule has 0 saturated heterocycles. The van der Waals surface area contributed by atoms with E-state index in [0.717, 1.165) is 23.7 Å². The van der Waals surface area contributed by atoms with Crippen LogP contribution in [-0.2, 0) is 6.42 Å². The molecule has 1 heterocycles. The number of rotatable bonds is 5. The van der Waals surface area contributed by atoms with Crippen molar-refractivity contribution in [1.29, 1.82) is 0 Å². The first-order valence-electron chi connectivity index (χ1n) is 7.26. The third-order valence-electron chi connectivity index (χ3n) is 3.50. The fraction of sp³-hybridized carbons (Fsp3) is 0.111. The van der Waals surface area contributed by atoms with Crippen molar-refractivity contribution >= 4 is 23.0 Å². The molecule has 110 valence electrons. The maximum Gasteiger partial charge on any atom is 0.273 e. The van der Waals surface area contributed by atoms with Gasteiger partial charge in [0.1, 0.15) is 0 Å². The molecule has 2 aromatic carbocycles. The fourth-order valence-electron chi connectivity index (χ4n) is 2.36. The Bertz CT molecular complexity index is 790. The van der Waals surface area contributed by atoms with Gasteiger partial charge < -0.3 is 4.98 Å². The van der Waals surface area contributed by atoms with Gasteiger partial charge in [0.05, 0.1) is 5.56 Å². The van der Waals surface area contributed by atoms with E-state index in [0.29, 0.717) is 5.56 Å². The Morgan fingerprint density at radius 3 is 2.73 bits per heavy atom.